The lowest BCUT2D eigenvalue weighted by Gasteiger charge is -2.35. The zero-order valence-corrected chi connectivity index (χ0v) is 13.6. The van der Waals surface area contributed by atoms with Gasteiger partial charge in [-0.3, -0.25) is 10.1 Å². The molecule has 10 heteroatoms. The van der Waals surface area contributed by atoms with E-state index >= 15 is 0 Å². The van der Waals surface area contributed by atoms with Crippen molar-refractivity contribution in [1.29, 1.82) is 0 Å². The van der Waals surface area contributed by atoms with Crippen LogP contribution in [0.3, 0.4) is 0 Å². The number of hydrogen-bond acceptors (Lipinski definition) is 7. The van der Waals surface area contributed by atoms with Crippen molar-refractivity contribution in [3.05, 3.63) is 50.4 Å². The van der Waals surface area contributed by atoms with E-state index < -0.39 is 29.4 Å². The maximum absolute atomic E-state index is 12.2. The SMILES string of the molecule is CCO[C@@H]1CC[C@@H](OC(=O)c2ccc([N+](=O)[O-])cc2)[C@@H](CN=[N+]=[N-])O1. The number of hydrogen-bond donors (Lipinski definition) is 0. The molecule has 134 valence electrons. The molecule has 2 rings (SSSR count). The molecule has 0 bridgehead atoms. The Morgan fingerprint density at radius 2 is 2.16 bits per heavy atom. The number of esters is 1. The molecule has 0 saturated carbocycles. The summed E-state index contributed by atoms with van der Waals surface area (Å²) < 4.78 is 16.5. The highest BCUT2D eigenvalue weighted by molar-refractivity contribution is 5.89. The van der Waals surface area contributed by atoms with Gasteiger partial charge in [0.25, 0.3) is 5.69 Å². The molecule has 1 aliphatic heterocycles. The number of rotatable bonds is 7. The Kier molecular flexibility index (Phi) is 6.70. The molecular formula is C15H18N4O6. The van der Waals surface area contributed by atoms with Crippen LogP contribution in [0, 0.1) is 10.1 Å². The van der Waals surface area contributed by atoms with Gasteiger partial charge < -0.3 is 14.2 Å². The third kappa shape index (κ3) is 5.15. The molecule has 1 saturated heterocycles. The Hall–Kier alpha value is -2.68. The maximum Gasteiger partial charge on any atom is 0.338 e. The van der Waals surface area contributed by atoms with Gasteiger partial charge in [0.1, 0.15) is 12.2 Å². The van der Waals surface area contributed by atoms with Gasteiger partial charge in [-0.25, -0.2) is 4.79 Å². The smallest absolute Gasteiger partial charge is 0.338 e. The molecule has 0 spiro atoms. The van der Waals surface area contributed by atoms with Crippen molar-refractivity contribution in [3.8, 4) is 0 Å². The number of nitro benzene ring substituents is 1. The first-order chi connectivity index (χ1) is 12.0. The molecule has 0 radical (unpaired) electrons. The van der Waals surface area contributed by atoms with Crippen LogP contribution in [0.25, 0.3) is 10.4 Å². The first kappa shape index (κ1) is 18.7. The fraction of sp³-hybridized carbons (Fsp3) is 0.533. The Bertz CT molecular complexity index is 658. The lowest BCUT2D eigenvalue weighted by molar-refractivity contribution is -0.384. The molecular weight excluding hydrogens is 332 g/mol. The first-order valence-electron chi connectivity index (χ1n) is 7.78. The Morgan fingerprint density at radius 1 is 1.44 bits per heavy atom. The van der Waals surface area contributed by atoms with Gasteiger partial charge >= 0.3 is 5.97 Å². The number of carbonyl (C=O) groups is 1. The summed E-state index contributed by atoms with van der Waals surface area (Å²) >= 11 is 0. The fourth-order valence-electron chi connectivity index (χ4n) is 2.48. The fourth-order valence-corrected chi connectivity index (χ4v) is 2.48. The second-order valence-electron chi connectivity index (χ2n) is 5.30. The van der Waals surface area contributed by atoms with Crippen LogP contribution in [0.1, 0.15) is 30.1 Å². The van der Waals surface area contributed by atoms with Crippen LogP contribution in [0.5, 0.6) is 0 Å². The van der Waals surface area contributed by atoms with Crippen LogP contribution in [-0.4, -0.2) is 42.5 Å². The lowest BCUT2D eigenvalue weighted by atomic mass is 10.0. The van der Waals surface area contributed by atoms with Crippen molar-refractivity contribution in [2.75, 3.05) is 13.2 Å². The van der Waals surface area contributed by atoms with Gasteiger partial charge in [0.2, 0.25) is 0 Å². The molecule has 3 atom stereocenters. The minimum Gasteiger partial charge on any atom is -0.456 e. The standard InChI is InChI=1S/C15H18N4O6/c1-2-23-14-8-7-12(13(24-14)9-17-18-16)25-15(20)10-3-5-11(6-4-10)19(21)22/h3-6,12-14H,2,7-9H2,1H3/t12-,13-,14+/m1/s1. The van der Waals surface area contributed by atoms with E-state index in [2.05, 4.69) is 10.0 Å². The van der Waals surface area contributed by atoms with Crippen molar-refractivity contribution in [1.82, 2.24) is 0 Å². The summed E-state index contributed by atoms with van der Waals surface area (Å²) in [6.45, 7) is 2.33. The number of non-ortho nitro benzene ring substituents is 1. The Morgan fingerprint density at radius 3 is 2.76 bits per heavy atom. The highest BCUT2D eigenvalue weighted by Gasteiger charge is 2.34. The zero-order valence-electron chi connectivity index (χ0n) is 13.6. The third-order valence-corrected chi connectivity index (χ3v) is 3.68. The van der Waals surface area contributed by atoms with E-state index in [0.29, 0.717) is 19.4 Å². The number of ether oxygens (including phenoxy) is 3. The normalized spacial score (nSPS) is 22.7. The summed E-state index contributed by atoms with van der Waals surface area (Å²) in [5, 5.41) is 14.1. The van der Waals surface area contributed by atoms with E-state index in [1.54, 1.807) is 0 Å². The van der Waals surface area contributed by atoms with Gasteiger partial charge in [0, 0.05) is 30.1 Å². The lowest BCUT2D eigenvalue weighted by Crippen LogP contribution is -2.44. The molecule has 1 aromatic rings. The van der Waals surface area contributed by atoms with Crippen molar-refractivity contribution >= 4 is 11.7 Å². The predicted octanol–water partition coefficient (Wildman–Crippen LogP) is 2.97. The van der Waals surface area contributed by atoms with Crippen LogP contribution >= 0.6 is 0 Å². The van der Waals surface area contributed by atoms with Crippen LogP contribution in [0.2, 0.25) is 0 Å². The highest BCUT2D eigenvalue weighted by Crippen LogP contribution is 2.25. The summed E-state index contributed by atoms with van der Waals surface area (Å²) in [6, 6.07) is 5.12. The molecule has 0 unspecified atom stereocenters. The van der Waals surface area contributed by atoms with E-state index in [9.17, 15) is 14.9 Å². The summed E-state index contributed by atoms with van der Waals surface area (Å²) in [5.41, 5.74) is 8.57. The maximum atomic E-state index is 12.2. The number of nitrogens with zero attached hydrogens (tertiary/aromatic N) is 4. The number of benzene rings is 1. The van der Waals surface area contributed by atoms with Crippen molar-refractivity contribution < 1.29 is 23.9 Å². The Labute approximate surface area is 143 Å². The summed E-state index contributed by atoms with van der Waals surface area (Å²) in [5.74, 6) is -0.621. The summed E-state index contributed by atoms with van der Waals surface area (Å²) in [6.07, 6.45) is -0.598. The molecule has 0 aromatic heterocycles. The highest BCUT2D eigenvalue weighted by atomic mass is 16.7. The van der Waals surface area contributed by atoms with E-state index in [1.165, 1.54) is 24.3 Å². The molecule has 0 aliphatic carbocycles. The minimum absolute atomic E-state index is 0.0122. The minimum atomic E-state index is -0.621. The quantitative estimate of drug-likeness (QED) is 0.185. The van der Waals surface area contributed by atoms with E-state index in [0.717, 1.165) is 0 Å². The first-order valence-corrected chi connectivity index (χ1v) is 7.78. The van der Waals surface area contributed by atoms with Crippen molar-refractivity contribution in [2.24, 2.45) is 5.11 Å². The van der Waals surface area contributed by atoms with E-state index in [4.69, 9.17) is 19.7 Å². The largest absolute Gasteiger partial charge is 0.456 e. The average Bonchev–Trinajstić information content (AvgIpc) is 2.62. The number of azide groups is 1. The van der Waals surface area contributed by atoms with Crippen molar-refractivity contribution in [2.45, 2.75) is 38.3 Å². The third-order valence-electron chi connectivity index (χ3n) is 3.68. The molecule has 0 amide bonds. The monoisotopic (exact) mass is 350 g/mol. The zero-order chi connectivity index (χ0) is 18.2. The van der Waals surface area contributed by atoms with Crippen LogP contribution in [0.15, 0.2) is 29.4 Å². The molecule has 1 fully saturated rings. The molecule has 0 N–H and O–H groups in total. The predicted molar refractivity (Wildman–Crippen MR) is 85.8 cm³/mol. The van der Waals surface area contributed by atoms with Crippen LogP contribution < -0.4 is 0 Å². The van der Waals surface area contributed by atoms with Gasteiger partial charge in [0.15, 0.2) is 6.29 Å². The van der Waals surface area contributed by atoms with Crippen LogP contribution in [0.4, 0.5) is 5.69 Å². The van der Waals surface area contributed by atoms with Gasteiger partial charge in [-0.15, -0.1) is 0 Å². The van der Waals surface area contributed by atoms with Crippen molar-refractivity contribution in [3.63, 3.8) is 0 Å². The van der Waals surface area contributed by atoms with Gasteiger partial charge in [-0.05, 0) is 31.0 Å². The Balaban J connectivity index is 2.03. The van der Waals surface area contributed by atoms with Crippen LogP contribution in [-0.2, 0) is 14.2 Å². The van der Waals surface area contributed by atoms with Gasteiger partial charge in [-0.1, -0.05) is 5.11 Å². The second-order valence-corrected chi connectivity index (χ2v) is 5.30. The van der Waals surface area contributed by atoms with Gasteiger partial charge in [-0.2, -0.15) is 0 Å². The average molecular weight is 350 g/mol. The second kappa shape index (κ2) is 8.97. The molecule has 1 aliphatic rings. The molecule has 25 heavy (non-hydrogen) atoms. The summed E-state index contributed by atoms with van der Waals surface area (Å²) in [7, 11) is 0. The molecule has 10 nitrogen and oxygen atoms in total. The topological polar surface area (TPSA) is 137 Å². The number of carbonyl (C=O) groups excluding carboxylic acids is 1. The summed E-state index contributed by atoms with van der Waals surface area (Å²) in [4.78, 5) is 25.0. The molecule has 1 heterocycles. The van der Waals surface area contributed by atoms with E-state index in [1.807, 2.05) is 6.92 Å². The number of nitro groups is 1. The molecule has 1 aromatic carbocycles. The van der Waals surface area contributed by atoms with E-state index in [-0.39, 0.29) is 17.8 Å². The van der Waals surface area contributed by atoms with Gasteiger partial charge in [0.05, 0.1) is 17.0 Å².